The topological polar surface area (TPSA) is 21.3 Å². The van der Waals surface area contributed by atoms with Crippen LogP contribution in [0.3, 0.4) is 0 Å². The van der Waals surface area contributed by atoms with Gasteiger partial charge in [-0.3, -0.25) is 0 Å². The summed E-state index contributed by atoms with van der Waals surface area (Å²) in [6.07, 6.45) is 4.43. The summed E-state index contributed by atoms with van der Waals surface area (Å²) in [6, 6.07) is 0.684. The summed E-state index contributed by atoms with van der Waals surface area (Å²) >= 11 is 0. The van der Waals surface area contributed by atoms with Gasteiger partial charge in [0.2, 0.25) is 0 Å². The molecule has 0 aromatic heterocycles. The molecule has 0 saturated carbocycles. The van der Waals surface area contributed by atoms with Crippen LogP contribution in [-0.2, 0) is 4.74 Å². The fourth-order valence-electron chi connectivity index (χ4n) is 1.92. The van der Waals surface area contributed by atoms with Gasteiger partial charge in [-0.1, -0.05) is 6.92 Å². The molecule has 1 rings (SSSR count). The number of hydrogen-bond acceptors (Lipinski definition) is 2. The van der Waals surface area contributed by atoms with E-state index in [0.29, 0.717) is 18.2 Å². The molecule has 2 heteroatoms. The highest BCUT2D eigenvalue weighted by atomic mass is 16.5. The second-order valence-electron chi connectivity index (χ2n) is 3.88. The minimum absolute atomic E-state index is 0.433. The Labute approximate surface area is 75.7 Å². The molecule has 1 saturated heterocycles. The largest absolute Gasteiger partial charge is 0.375 e. The first-order valence-corrected chi connectivity index (χ1v) is 5.11. The Hall–Kier alpha value is -0.0800. The van der Waals surface area contributed by atoms with Crippen LogP contribution in [0.2, 0.25) is 0 Å². The number of nitrogens with one attached hydrogen (secondary N) is 1. The lowest BCUT2D eigenvalue weighted by atomic mass is 10.00. The number of hydrogen-bond donors (Lipinski definition) is 1. The van der Waals surface area contributed by atoms with Crippen molar-refractivity contribution in [2.45, 2.75) is 58.3 Å². The lowest BCUT2D eigenvalue weighted by Gasteiger charge is -2.32. The van der Waals surface area contributed by atoms with E-state index in [-0.39, 0.29) is 0 Å². The lowest BCUT2D eigenvalue weighted by molar-refractivity contribution is -0.0419. The molecule has 0 radical (unpaired) electrons. The molecule has 0 amide bonds. The maximum Gasteiger partial charge on any atom is 0.0565 e. The summed E-state index contributed by atoms with van der Waals surface area (Å²) in [5.41, 5.74) is 0. The van der Waals surface area contributed by atoms with E-state index in [2.05, 4.69) is 26.1 Å². The Kier molecular flexibility index (Phi) is 4.02. The molecule has 0 aliphatic carbocycles. The zero-order valence-electron chi connectivity index (χ0n) is 8.47. The molecule has 2 nitrogen and oxygen atoms in total. The minimum Gasteiger partial charge on any atom is -0.375 e. The van der Waals surface area contributed by atoms with E-state index in [1.807, 2.05) is 0 Å². The molecule has 1 N–H and O–H groups in total. The molecule has 12 heavy (non-hydrogen) atoms. The van der Waals surface area contributed by atoms with Crippen LogP contribution in [0.4, 0.5) is 0 Å². The molecule has 1 heterocycles. The second-order valence-corrected chi connectivity index (χ2v) is 3.88. The van der Waals surface area contributed by atoms with Crippen LogP contribution >= 0.6 is 0 Å². The van der Waals surface area contributed by atoms with E-state index >= 15 is 0 Å². The van der Waals surface area contributed by atoms with Gasteiger partial charge in [-0.05, 0) is 39.7 Å². The molecule has 0 spiro atoms. The van der Waals surface area contributed by atoms with Crippen molar-refractivity contribution in [3.05, 3.63) is 0 Å². The van der Waals surface area contributed by atoms with Crippen molar-refractivity contribution in [1.82, 2.24) is 5.32 Å². The highest BCUT2D eigenvalue weighted by Gasteiger charge is 2.23. The van der Waals surface area contributed by atoms with Gasteiger partial charge in [0.15, 0.2) is 0 Å². The first-order valence-electron chi connectivity index (χ1n) is 5.11. The van der Waals surface area contributed by atoms with Gasteiger partial charge in [-0.25, -0.2) is 0 Å². The van der Waals surface area contributed by atoms with Crippen molar-refractivity contribution in [1.29, 1.82) is 0 Å². The van der Waals surface area contributed by atoms with Crippen molar-refractivity contribution in [2.24, 2.45) is 0 Å². The maximum atomic E-state index is 5.66. The number of rotatable bonds is 3. The van der Waals surface area contributed by atoms with Gasteiger partial charge in [0.1, 0.15) is 0 Å². The normalized spacial score (nSPS) is 36.8. The zero-order valence-corrected chi connectivity index (χ0v) is 8.47. The first kappa shape index (κ1) is 10.0. The highest BCUT2D eigenvalue weighted by molar-refractivity contribution is 4.78. The van der Waals surface area contributed by atoms with Crippen LogP contribution in [0.25, 0.3) is 0 Å². The second kappa shape index (κ2) is 4.83. The molecule has 3 atom stereocenters. The Balaban J connectivity index is 2.24. The van der Waals surface area contributed by atoms with Crippen LogP contribution in [0.5, 0.6) is 0 Å². The van der Waals surface area contributed by atoms with Crippen LogP contribution in [0.15, 0.2) is 0 Å². The quantitative estimate of drug-likeness (QED) is 0.700. The Morgan fingerprint density at radius 1 is 1.25 bits per heavy atom. The molecule has 1 fully saturated rings. The SMILES string of the molecule is CCCNC1C[C@@H](C)O[C@@H](C)C1. The summed E-state index contributed by atoms with van der Waals surface area (Å²) in [7, 11) is 0. The average Bonchev–Trinajstić information content (AvgIpc) is 1.99. The van der Waals surface area contributed by atoms with Gasteiger partial charge in [0, 0.05) is 6.04 Å². The van der Waals surface area contributed by atoms with Gasteiger partial charge >= 0.3 is 0 Å². The Bertz CT molecular complexity index is 117. The minimum atomic E-state index is 0.433. The van der Waals surface area contributed by atoms with E-state index in [1.54, 1.807) is 0 Å². The molecule has 1 unspecified atom stereocenters. The van der Waals surface area contributed by atoms with Crippen molar-refractivity contribution in [3.8, 4) is 0 Å². The molecule has 0 bridgehead atoms. The van der Waals surface area contributed by atoms with Crippen molar-refractivity contribution < 1.29 is 4.74 Å². The number of ether oxygens (including phenoxy) is 1. The maximum absolute atomic E-state index is 5.66. The summed E-state index contributed by atoms with van der Waals surface area (Å²) < 4.78 is 5.66. The van der Waals surface area contributed by atoms with E-state index in [4.69, 9.17) is 4.74 Å². The average molecular weight is 171 g/mol. The zero-order chi connectivity index (χ0) is 8.97. The predicted octanol–water partition coefficient (Wildman–Crippen LogP) is 1.94. The lowest BCUT2D eigenvalue weighted by Crippen LogP contribution is -2.41. The third-order valence-corrected chi connectivity index (χ3v) is 2.38. The fourth-order valence-corrected chi connectivity index (χ4v) is 1.92. The molecular weight excluding hydrogens is 150 g/mol. The molecule has 0 aromatic rings. The monoisotopic (exact) mass is 171 g/mol. The van der Waals surface area contributed by atoms with Crippen LogP contribution in [0.1, 0.15) is 40.0 Å². The smallest absolute Gasteiger partial charge is 0.0565 e. The molecule has 1 aliphatic heterocycles. The summed E-state index contributed by atoms with van der Waals surface area (Å²) in [5, 5.41) is 3.55. The van der Waals surface area contributed by atoms with Crippen molar-refractivity contribution >= 4 is 0 Å². The highest BCUT2D eigenvalue weighted by Crippen LogP contribution is 2.18. The van der Waals surface area contributed by atoms with E-state index in [9.17, 15) is 0 Å². The first-order chi connectivity index (χ1) is 5.72. The predicted molar refractivity (Wildman–Crippen MR) is 51.3 cm³/mol. The summed E-state index contributed by atoms with van der Waals surface area (Å²) in [5.74, 6) is 0. The summed E-state index contributed by atoms with van der Waals surface area (Å²) in [6.45, 7) is 7.68. The van der Waals surface area contributed by atoms with Crippen LogP contribution in [-0.4, -0.2) is 24.8 Å². The van der Waals surface area contributed by atoms with Crippen LogP contribution in [0, 0.1) is 0 Å². The Morgan fingerprint density at radius 2 is 1.83 bits per heavy atom. The van der Waals surface area contributed by atoms with E-state index in [0.717, 1.165) is 6.54 Å². The van der Waals surface area contributed by atoms with Gasteiger partial charge in [0.25, 0.3) is 0 Å². The third-order valence-electron chi connectivity index (χ3n) is 2.38. The van der Waals surface area contributed by atoms with Gasteiger partial charge in [0.05, 0.1) is 12.2 Å². The standard InChI is InChI=1S/C10H21NO/c1-4-5-11-10-6-8(2)12-9(3)7-10/h8-11H,4-7H2,1-3H3/t8-,9+,10?. The molecular formula is C10H21NO. The van der Waals surface area contributed by atoms with Gasteiger partial charge in [-0.15, -0.1) is 0 Å². The van der Waals surface area contributed by atoms with Crippen LogP contribution < -0.4 is 5.32 Å². The van der Waals surface area contributed by atoms with Crippen molar-refractivity contribution in [3.63, 3.8) is 0 Å². The molecule has 0 aromatic carbocycles. The van der Waals surface area contributed by atoms with E-state index < -0.39 is 0 Å². The van der Waals surface area contributed by atoms with Gasteiger partial charge < -0.3 is 10.1 Å². The Morgan fingerprint density at radius 3 is 2.33 bits per heavy atom. The summed E-state index contributed by atoms with van der Waals surface area (Å²) in [4.78, 5) is 0. The fraction of sp³-hybridized carbons (Fsp3) is 1.00. The van der Waals surface area contributed by atoms with Crippen molar-refractivity contribution in [2.75, 3.05) is 6.54 Å². The molecule has 72 valence electrons. The third kappa shape index (κ3) is 3.11. The van der Waals surface area contributed by atoms with Gasteiger partial charge in [-0.2, -0.15) is 0 Å². The molecule has 1 aliphatic rings. The van der Waals surface area contributed by atoms with E-state index in [1.165, 1.54) is 19.3 Å².